The maximum atomic E-state index is 12.7. The van der Waals surface area contributed by atoms with Gasteiger partial charge in [-0.2, -0.15) is 5.10 Å². The number of amides is 1. The van der Waals surface area contributed by atoms with Gasteiger partial charge in [0.05, 0.1) is 11.5 Å². The SMILES string of the molecule is CC(NC(=O)C1(c2ccccc2)CCC1)c1ncn[nH]1. The van der Waals surface area contributed by atoms with Crippen LogP contribution in [0.1, 0.15) is 43.6 Å². The molecule has 1 unspecified atom stereocenters. The molecule has 1 fully saturated rings. The highest BCUT2D eigenvalue weighted by Gasteiger charge is 2.45. The van der Waals surface area contributed by atoms with Crippen molar-refractivity contribution >= 4 is 5.91 Å². The van der Waals surface area contributed by atoms with Crippen molar-refractivity contribution in [1.82, 2.24) is 20.5 Å². The second-order valence-corrected chi connectivity index (χ2v) is 5.37. The molecule has 1 aliphatic carbocycles. The first-order valence-corrected chi connectivity index (χ1v) is 6.94. The standard InChI is InChI=1S/C15H18N4O/c1-11(13-16-10-17-19-13)18-14(20)15(8-5-9-15)12-6-3-2-4-7-12/h2-4,6-7,10-11H,5,8-9H2,1H3,(H,18,20)(H,16,17,19). The lowest BCUT2D eigenvalue weighted by Gasteiger charge is -2.41. The maximum Gasteiger partial charge on any atom is 0.231 e. The van der Waals surface area contributed by atoms with Crippen LogP contribution in [0.25, 0.3) is 0 Å². The van der Waals surface area contributed by atoms with E-state index in [0.29, 0.717) is 5.82 Å². The van der Waals surface area contributed by atoms with E-state index < -0.39 is 0 Å². The lowest BCUT2D eigenvalue weighted by atomic mass is 9.63. The summed E-state index contributed by atoms with van der Waals surface area (Å²) in [4.78, 5) is 16.8. The predicted octanol–water partition coefficient (Wildman–Crippen LogP) is 2.10. The highest BCUT2D eigenvalue weighted by molar-refractivity contribution is 5.89. The lowest BCUT2D eigenvalue weighted by molar-refractivity contribution is -0.130. The summed E-state index contributed by atoms with van der Waals surface area (Å²) in [5.74, 6) is 0.764. The van der Waals surface area contributed by atoms with Crippen LogP contribution in [0, 0.1) is 0 Å². The third-order valence-corrected chi connectivity index (χ3v) is 4.16. The molecule has 1 aliphatic rings. The fourth-order valence-electron chi connectivity index (χ4n) is 2.76. The Kier molecular flexibility index (Phi) is 3.26. The average Bonchev–Trinajstić information content (AvgIpc) is 2.92. The smallest absolute Gasteiger partial charge is 0.231 e. The quantitative estimate of drug-likeness (QED) is 0.893. The zero-order chi connectivity index (χ0) is 14.0. The second-order valence-electron chi connectivity index (χ2n) is 5.37. The van der Waals surface area contributed by atoms with E-state index in [1.165, 1.54) is 6.33 Å². The Morgan fingerprint density at radius 1 is 1.35 bits per heavy atom. The van der Waals surface area contributed by atoms with Crippen LogP contribution in [0.3, 0.4) is 0 Å². The summed E-state index contributed by atoms with van der Waals surface area (Å²) in [5.41, 5.74) is 0.740. The number of aromatic amines is 1. The number of hydrogen-bond acceptors (Lipinski definition) is 3. The summed E-state index contributed by atoms with van der Waals surface area (Å²) >= 11 is 0. The van der Waals surface area contributed by atoms with Gasteiger partial charge >= 0.3 is 0 Å². The van der Waals surface area contributed by atoms with Gasteiger partial charge in [-0.15, -0.1) is 0 Å². The molecule has 5 nitrogen and oxygen atoms in total. The van der Waals surface area contributed by atoms with Crippen molar-refractivity contribution in [3.05, 3.63) is 48.0 Å². The number of aromatic nitrogens is 3. The molecule has 0 spiro atoms. The Morgan fingerprint density at radius 2 is 2.10 bits per heavy atom. The summed E-state index contributed by atoms with van der Waals surface area (Å²) in [5, 5.41) is 9.66. The molecule has 1 aromatic heterocycles. The predicted molar refractivity (Wildman–Crippen MR) is 74.9 cm³/mol. The normalized spacial score (nSPS) is 18.1. The van der Waals surface area contributed by atoms with Gasteiger partial charge in [0.1, 0.15) is 12.2 Å². The number of carbonyl (C=O) groups excluding carboxylic acids is 1. The van der Waals surface area contributed by atoms with Gasteiger partial charge in [0, 0.05) is 0 Å². The third-order valence-electron chi connectivity index (χ3n) is 4.16. The number of rotatable bonds is 4. The average molecular weight is 270 g/mol. The largest absolute Gasteiger partial charge is 0.346 e. The first-order valence-electron chi connectivity index (χ1n) is 6.94. The zero-order valence-electron chi connectivity index (χ0n) is 11.5. The number of carbonyl (C=O) groups is 1. The molecule has 1 saturated carbocycles. The van der Waals surface area contributed by atoms with Crippen LogP contribution >= 0.6 is 0 Å². The molecule has 5 heteroatoms. The van der Waals surface area contributed by atoms with E-state index >= 15 is 0 Å². The van der Waals surface area contributed by atoms with Gasteiger partial charge in [0.2, 0.25) is 5.91 Å². The van der Waals surface area contributed by atoms with Crippen molar-refractivity contribution in [2.24, 2.45) is 0 Å². The minimum Gasteiger partial charge on any atom is -0.346 e. The van der Waals surface area contributed by atoms with Crippen LogP contribution in [-0.2, 0) is 10.2 Å². The van der Waals surface area contributed by atoms with E-state index in [2.05, 4.69) is 20.5 Å². The molecule has 2 N–H and O–H groups in total. The monoisotopic (exact) mass is 270 g/mol. The van der Waals surface area contributed by atoms with Gasteiger partial charge < -0.3 is 5.32 Å². The van der Waals surface area contributed by atoms with Crippen LogP contribution in [0.15, 0.2) is 36.7 Å². The number of H-pyrrole nitrogens is 1. The van der Waals surface area contributed by atoms with Crippen LogP contribution < -0.4 is 5.32 Å². The molecule has 0 saturated heterocycles. The molecule has 1 amide bonds. The van der Waals surface area contributed by atoms with E-state index in [1.807, 2.05) is 37.3 Å². The number of benzene rings is 1. The van der Waals surface area contributed by atoms with E-state index in [-0.39, 0.29) is 17.4 Å². The minimum absolute atomic E-state index is 0.0823. The molecule has 104 valence electrons. The minimum atomic E-state index is -0.366. The highest BCUT2D eigenvalue weighted by atomic mass is 16.2. The van der Waals surface area contributed by atoms with Crippen molar-refractivity contribution in [3.8, 4) is 0 Å². The first kappa shape index (κ1) is 12.8. The van der Waals surface area contributed by atoms with Crippen molar-refractivity contribution in [1.29, 1.82) is 0 Å². The van der Waals surface area contributed by atoms with Gasteiger partial charge in [0.15, 0.2) is 0 Å². The summed E-state index contributed by atoms with van der Waals surface area (Å²) in [7, 11) is 0. The molecular weight excluding hydrogens is 252 g/mol. The number of hydrogen-bond donors (Lipinski definition) is 2. The van der Waals surface area contributed by atoms with Crippen molar-refractivity contribution < 1.29 is 4.79 Å². The Hall–Kier alpha value is -2.17. The molecule has 1 atom stereocenters. The van der Waals surface area contributed by atoms with Gasteiger partial charge in [-0.1, -0.05) is 36.8 Å². The van der Waals surface area contributed by atoms with Gasteiger partial charge in [0.25, 0.3) is 0 Å². The van der Waals surface area contributed by atoms with Gasteiger partial charge in [-0.25, -0.2) is 4.98 Å². The molecule has 0 radical (unpaired) electrons. The fraction of sp³-hybridized carbons (Fsp3) is 0.400. The van der Waals surface area contributed by atoms with Crippen LogP contribution in [-0.4, -0.2) is 21.1 Å². The Balaban J connectivity index is 1.78. The zero-order valence-corrected chi connectivity index (χ0v) is 11.5. The highest BCUT2D eigenvalue weighted by Crippen LogP contribution is 2.44. The summed E-state index contributed by atoms with van der Waals surface area (Å²) < 4.78 is 0. The Bertz CT molecular complexity index is 575. The Morgan fingerprint density at radius 3 is 2.65 bits per heavy atom. The lowest BCUT2D eigenvalue weighted by Crippen LogP contribution is -2.49. The molecule has 0 bridgehead atoms. The molecule has 2 aromatic rings. The van der Waals surface area contributed by atoms with E-state index in [0.717, 1.165) is 24.8 Å². The maximum absolute atomic E-state index is 12.7. The van der Waals surface area contributed by atoms with E-state index in [1.54, 1.807) is 0 Å². The second kappa shape index (κ2) is 5.07. The van der Waals surface area contributed by atoms with Crippen LogP contribution in [0.4, 0.5) is 0 Å². The molecule has 1 aromatic carbocycles. The summed E-state index contributed by atoms with van der Waals surface area (Å²) in [6.45, 7) is 1.91. The first-order chi connectivity index (χ1) is 9.72. The van der Waals surface area contributed by atoms with Crippen molar-refractivity contribution in [3.63, 3.8) is 0 Å². The molecule has 0 aliphatic heterocycles. The van der Waals surface area contributed by atoms with Gasteiger partial charge in [-0.05, 0) is 25.3 Å². The molecule has 1 heterocycles. The van der Waals surface area contributed by atoms with E-state index in [9.17, 15) is 4.79 Å². The van der Waals surface area contributed by atoms with Crippen LogP contribution in [0.5, 0.6) is 0 Å². The van der Waals surface area contributed by atoms with Gasteiger partial charge in [-0.3, -0.25) is 9.89 Å². The fourth-order valence-corrected chi connectivity index (χ4v) is 2.76. The summed E-state index contributed by atoms with van der Waals surface area (Å²) in [6.07, 6.45) is 4.37. The molecule has 20 heavy (non-hydrogen) atoms. The number of nitrogens with zero attached hydrogens (tertiary/aromatic N) is 2. The van der Waals surface area contributed by atoms with E-state index in [4.69, 9.17) is 0 Å². The molecule has 3 rings (SSSR count). The van der Waals surface area contributed by atoms with Crippen molar-refractivity contribution in [2.45, 2.75) is 37.6 Å². The van der Waals surface area contributed by atoms with Crippen LogP contribution in [0.2, 0.25) is 0 Å². The third kappa shape index (κ3) is 2.09. The van der Waals surface area contributed by atoms with Crippen molar-refractivity contribution in [2.75, 3.05) is 0 Å². The molecular formula is C15H18N4O. The number of nitrogens with one attached hydrogen (secondary N) is 2. The summed E-state index contributed by atoms with van der Waals surface area (Å²) in [6, 6.07) is 9.87. The topological polar surface area (TPSA) is 70.7 Å². The Labute approximate surface area is 117 Å².